The Morgan fingerprint density at radius 2 is 1.77 bits per heavy atom. The van der Waals surface area contributed by atoms with Gasteiger partial charge in [0.1, 0.15) is 5.60 Å². The Bertz CT molecular complexity index is 557. The molecule has 1 heterocycles. The average Bonchev–Trinajstić information content (AvgIpc) is 2.45. The van der Waals surface area contributed by atoms with E-state index in [0.29, 0.717) is 25.9 Å². The molecule has 1 amide bonds. The second-order valence-corrected chi connectivity index (χ2v) is 7.44. The predicted molar refractivity (Wildman–Crippen MR) is 89.0 cm³/mol. The number of piperidine rings is 1. The first-order valence-corrected chi connectivity index (χ1v) is 8.34. The number of halogens is 1. The molecule has 0 aromatic heterocycles. The Balaban J connectivity index is 1.94. The van der Waals surface area contributed by atoms with Gasteiger partial charge in [-0.1, -0.05) is 34.1 Å². The van der Waals surface area contributed by atoms with Gasteiger partial charge < -0.3 is 9.64 Å². The average molecular weight is 368 g/mol. The third kappa shape index (κ3) is 4.32. The molecule has 0 bridgehead atoms. The van der Waals surface area contributed by atoms with Crippen molar-refractivity contribution in [3.8, 4) is 0 Å². The number of Topliss-reactive ketones (excluding diaryl/α,β-unsaturated/α-hetero) is 1. The van der Waals surface area contributed by atoms with Gasteiger partial charge in [-0.05, 0) is 39.7 Å². The van der Waals surface area contributed by atoms with Gasteiger partial charge in [0.05, 0.1) is 0 Å². The number of hydrogen-bond donors (Lipinski definition) is 0. The fourth-order valence-corrected chi connectivity index (χ4v) is 3.01. The molecule has 1 fully saturated rings. The van der Waals surface area contributed by atoms with Crippen molar-refractivity contribution in [1.82, 2.24) is 4.90 Å². The molecule has 1 aliphatic rings. The smallest absolute Gasteiger partial charge is 0.410 e. The highest BCUT2D eigenvalue weighted by Gasteiger charge is 2.30. The van der Waals surface area contributed by atoms with Crippen LogP contribution in [0.3, 0.4) is 0 Å². The summed E-state index contributed by atoms with van der Waals surface area (Å²) in [5, 5.41) is 0. The van der Waals surface area contributed by atoms with Crippen LogP contribution in [0.15, 0.2) is 28.7 Å². The minimum absolute atomic E-state index is 0.0302. The molecule has 1 saturated heterocycles. The van der Waals surface area contributed by atoms with E-state index >= 15 is 0 Å². The van der Waals surface area contributed by atoms with Crippen LogP contribution < -0.4 is 0 Å². The fourth-order valence-electron chi connectivity index (χ4n) is 2.53. The van der Waals surface area contributed by atoms with Crippen molar-refractivity contribution in [1.29, 1.82) is 0 Å². The largest absolute Gasteiger partial charge is 0.444 e. The van der Waals surface area contributed by atoms with Crippen LogP contribution in [-0.2, 0) is 4.74 Å². The van der Waals surface area contributed by atoms with Crippen LogP contribution in [0.4, 0.5) is 4.79 Å². The van der Waals surface area contributed by atoms with Crippen molar-refractivity contribution in [2.75, 3.05) is 13.1 Å². The maximum Gasteiger partial charge on any atom is 0.410 e. The van der Waals surface area contributed by atoms with Gasteiger partial charge in [-0.25, -0.2) is 4.79 Å². The number of carbonyl (C=O) groups is 2. The number of amides is 1. The summed E-state index contributed by atoms with van der Waals surface area (Å²) in [4.78, 5) is 26.3. The van der Waals surface area contributed by atoms with Gasteiger partial charge in [0.2, 0.25) is 0 Å². The fraction of sp³-hybridized carbons (Fsp3) is 0.529. The van der Waals surface area contributed by atoms with Gasteiger partial charge in [-0.2, -0.15) is 0 Å². The van der Waals surface area contributed by atoms with Crippen molar-refractivity contribution in [2.24, 2.45) is 5.92 Å². The lowest BCUT2D eigenvalue weighted by atomic mass is 9.89. The lowest BCUT2D eigenvalue weighted by molar-refractivity contribution is 0.0182. The molecular formula is C17H22BrNO3. The molecule has 22 heavy (non-hydrogen) atoms. The molecule has 1 aliphatic heterocycles. The second-order valence-electron chi connectivity index (χ2n) is 6.59. The van der Waals surface area contributed by atoms with Gasteiger partial charge in [0, 0.05) is 29.0 Å². The van der Waals surface area contributed by atoms with E-state index in [1.807, 2.05) is 45.0 Å². The lowest BCUT2D eigenvalue weighted by Gasteiger charge is -2.33. The van der Waals surface area contributed by atoms with E-state index in [9.17, 15) is 9.59 Å². The van der Waals surface area contributed by atoms with Crippen molar-refractivity contribution in [2.45, 2.75) is 39.2 Å². The van der Waals surface area contributed by atoms with Crippen LogP contribution in [0, 0.1) is 5.92 Å². The molecule has 0 aliphatic carbocycles. The summed E-state index contributed by atoms with van der Waals surface area (Å²) in [5.74, 6) is 0.119. The van der Waals surface area contributed by atoms with Crippen molar-refractivity contribution < 1.29 is 14.3 Å². The number of ether oxygens (including phenoxy) is 1. The molecule has 4 nitrogen and oxygen atoms in total. The topological polar surface area (TPSA) is 46.6 Å². The van der Waals surface area contributed by atoms with E-state index in [-0.39, 0.29) is 17.8 Å². The van der Waals surface area contributed by atoms with E-state index in [0.717, 1.165) is 10.0 Å². The molecule has 5 heteroatoms. The zero-order valence-corrected chi connectivity index (χ0v) is 14.9. The quantitative estimate of drug-likeness (QED) is 0.732. The Morgan fingerprint density at radius 1 is 1.18 bits per heavy atom. The maximum atomic E-state index is 12.6. The van der Waals surface area contributed by atoms with Crippen LogP contribution in [-0.4, -0.2) is 35.5 Å². The molecule has 0 atom stereocenters. The Kier molecular flexibility index (Phi) is 5.27. The lowest BCUT2D eigenvalue weighted by Crippen LogP contribution is -2.43. The highest BCUT2D eigenvalue weighted by molar-refractivity contribution is 9.10. The zero-order valence-electron chi connectivity index (χ0n) is 13.3. The number of nitrogens with zero attached hydrogens (tertiary/aromatic N) is 1. The molecule has 1 aromatic rings. The number of likely N-dealkylation sites (tertiary alicyclic amines) is 1. The first-order valence-electron chi connectivity index (χ1n) is 7.54. The predicted octanol–water partition coefficient (Wildman–Crippen LogP) is 4.28. The molecule has 0 N–H and O–H groups in total. The second kappa shape index (κ2) is 6.82. The summed E-state index contributed by atoms with van der Waals surface area (Å²) in [5.41, 5.74) is 0.233. The Morgan fingerprint density at radius 3 is 2.32 bits per heavy atom. The van der Waals surface area contributed by atoms with E-state index < -0.39 is 5.60 Å². The zero-order chi connectivity index (χ0) is 16.3. The third-order valence-corrected chi connectivity index (χ3v) is 4.35. The summed E-state index contributed by atoms with van der Waals surface area (Å²) < 4.78 is 6.20. The highest BCUT2D eigenvalue weighted by Crippen LogP contribution is 2.26. The molecule has 0 unspecified atom stereocenters. The van der Waals surface area contributed by atoms with E-state index in [1.54, 1.807) is 4.90 Å². The summed E-state index contributed by atoms with van der Waals surface area (Å²) in [6, 6.07) is 7.48. The molecule has 0 saturated carbocycles. The Hall–Kier alpha value is -1.36. The van der Waals surface area contributed by atoms with Crippen molar-refractivity contribution in [3.05, 3.63) is 34.3 Å². The van der Waals surface area contributed by atoms with Gasteiger partial charge in [-0.3, -0.25) is 4.79 Å². The molecule has 1 aromatic carbocycles. The molecule has 0 radical (unpaired) electrons. The van der Waals surface area contributed by atoms with Crippen LogP contribution >= 0.6 is 15.9 Å². The molecule has 0 spiro atoms. The maximum absolute atomic E-state index is 12.6. The first-order chi connectivity index (χ1) is 10.3. The van der Waals surface area contributed by atoms with Crippen LogP contribution in [0.5, 0.6) is 0 Å². The van der Waals surface area contributed by atoms with Crippen molar-refractivity contribution in [3.63, 3.8) is 0 Å². The molecule has 120 valence electrons. The number of carbonyl (C=O) groups excluding carboxylic acids is 2. The number of rotatable bonds is 2. The highest BCUT2D eigenvalue weighted by atomic mass is 79.9. The van der Waals surface area contributed by atoms with Gasteiger partial charge in [0.15, 0.2) is 5.78 Å². The van der Waals surface area contributed by atoms with E-state index in [4.69, 9.17) is 4.74 Å². The number of hydrogen-bond acceptors (Lipinski definition) is 3. The van der Waals surface area contributed by atoms with Crippen molar-refractivity contribution >= 4 is 27.8 Å². The first kappa shape index (κ1) is 17.0. The minimum Gasteiger partial charge on any atom is -0.444 e. The SMILES string of the molecule is CC(C)(C)OC(=O)N1CCC(C(=O)c2ccccc2Br)CC1. The monoisotopic (exact) mass is 367 g/mol. The van der Waals surface area contributed by atoms with Gasteiger partial charge in [-0.15, -0.1) is 0 Å². The summed E-state index contributed by atoms with van der Waals surface area (Å²) >= 11 is 3.43. The van der Waals surface area contributed by atoms with Crippen LogP contribution in [0.2, 0.25) is 0 Å². The molecule has 2 rings (SSSR count). The number of ketones is 1. The minimum atomic E-state index is -0.487. The van der Waals surface area contributed by atoms with E-state index in [1.165, 1.54) is 0 Å². The third-order valence-electron chi connectivity index (χ3n) is 3.66. The van der Waals surface area contributed by atoms with Gasteiger partial charge in [0.25, 0.3) is 0 Å². The molecular weight excluding hydrogens is 346 g/mol. The van der Waals surface area contributed by atoms with E-state index in [2.05, 4.69) is 15.9 Å². The normalized spacial score (nSPS) is 16.5. The summed E-state index contributed by atoms with van der Waals surface area (Å²) in [6.45, 7) is 6.70. The summed E-state index contributed by atoms with van der Waals surface area (Å²) in [6.07, 6.45) is 1.07. The van der Waals surface area contributed by atoms with Crippen LogP contribution in [0.25, 0.3) is 0 Å². The Labute approximate surface area is 140 Å². The van der Waals surface area contributed by atoms with Crippen LogP contribution in [0.1, 0.15) is 44.0 Å². The number of benzene rings is 1. The van der Waals surface area contributed by atoms with Gasteiger partial charge >= 0.3 is 6.09 Å². The standard InChI is InChI=1S/C17H22BrNO3/c1-17(2,3)22-16(21)19-10-8-12(9-11-19)15(20)13-6-4-5-7-14(13)18/h4-7,12H,8-11H2,1-3H3. The summed E-state index contributed by atoms with van der Waals surface area (Å²) in [7, 11) is 0.